The van der Waals surface area contributed by atoms with E-state index in [4.69, 9.17) is 0 Å². The zero-order valence-electron chi connectivity index (χ0n) is 4.42. The number of aromatic nitrogens is 2. The number of nitrogens with one attached hydrogen (secondary N) is 1. The highest BCUT2D eigenvalue weighted by molar-refractivity contribution is 4.83. The molecule has 1 N–H and O–H groups in total. The van der Waals surface area contributed by atoms with E-state index in [1.54, 1.807) is 12.4 Å². The fourth-order valence-electron chi connectivity index (χ4n) is 0.474. The fraction of sp³-hybridized carbons (Fsp3) is 0.200. The van der Waals surface area contributed by atoms with Crippen LogP contribution in [0, 0.1) is 7.11 Å². The van der Waals surface area contributed by atoms with E-state index in [0.29, 0.717) is 6.61 Å². The number of aromatic amines is 1. The lowest BCUT2D eigenvalue weighted by molar-refractivity contribution is 0.221. The van der Waals surface area contributed by atoms with Crippen molar-refractivity contribution < 1.29 is 4.74 Å². The maximum atomic E-state index is 4.54. The normalized spacial score (nSPS) is 9.62. The van der Waals surface area contributed by atoms with Gasteiger partial charge in [-0.05, 0) is 0 Å². The molecule has 0 amide bonds. The highest BCUT2D eigenvalue weighted by atomic mass is 16.5. The van der Waals surface area contributed by atoms with Gasteiger partial charge >= 0.3 is 0 Å². The molecule has 0 aromatic carbocycles. The maximum absolute atomic E-state index is 4.54. The molecule has 43 valence electrons. The number of ether oxygens (including phenoxy) is 1. The van der Waals surface area contributed by atoms with E-state index in [1.807, 2.05) is 0 Å². The Labute approximate surface area is 47.7 Å². The number of imidazole rings is 1. The highest BCUT2D eigenvalue weighted by Crippen LogP contribution is 1.88. The first kappa shape index (κ1) is 5.31. The van der Waals surface area contributed by atoms with Gasteiger partial charge in [-0.2, -0.15) is 0 Å². The molecule has 1 heterocycles. The summed E-state index contributed by atoms with van der Waals surface area (Å²) in [7, 11) is 3.20. The number of H-pyrrole nitrogens is 1. The Morgan fingerprint density at radius 3 is 3.25 bits per heavy atom. The van der Waals surface area contributed by atoms with Crippen LogP contribution in [0.1, 0.15) is 5.82 Å². The fourth-order valence-corrected chi connectivity index (χ4v) is 0.474. The minimum absolute atomic E-state index is 0.451. The minimum atomic E-state index is 0.451. The summed E-state index contributed by atoms with van der Waals surface area (Å²) in [5, 5.41) is 0. The van der Waals surface area contributed by atoms with Gasteiger partial charge in [-0.15, -0.1) is 0 Å². The lowest BCUT2D eigenvalue weighted by Gasteiger charge is -1.88. The van der Waals surface area contributed by atoms with Gasteiger partial charge in [-0.25, -0.2) is 4.98 Å². The molecular formula is C5H7N2O. The zero-order valence-corrected chi connectivity index (χ0v) is 4.42. The molecule has 1 rings (SSSR count). The van der Waals surface area contributed by atoms with Crippen LogP contribution in [0.25, 0.3) is 0 Å². The Morgan fingerprint density at radius 1 is 1.88 bits per heavy atom. The average Bonchev–Trinajstić information content (AvgIpc) is 2.19. The van der Waals surface area contributed by atoms with Crippen molar-refractivity contribution in [3.63, 3.8) is 0 Å². The molecule has 0 fully saturated rings. The van der Waals surface area contributed by atoms with Crippen molar-refractivity contribution in [2.45, 2.75) is 6.61 Å². The van der Waals surface area contributed by atoms with Crippen LogP contribution in [0.5, 0.6) is 0 Å². The van der Waals surface area contributed by atoms with Gasteiger partial charge in [0.05, 0.1) is 7.11 Å². The molecule has 3 nitrogen and oxygen atoms in total. The monoisotopic (exact) mass is 111 g/mol. The molecule has 0 bridgehead atoms. The van der Waals surface area contributed by atoms with Crippen LogP contribution in [-0.2, 0) is 11.3 Å². The van der Waals surface area contributed by atoms with Gasteiger partial charge in [0.2, 0.25) is 0 Å². The minimum Gasteiger partial charge on any atom is -0.371 e. The highest BCUT2D eigenvalue weighted by Gasteiger charge is 1.87. The zero-order chi connectivity index (χ0) is 5.82. The summed E-state index contributed by atoms with van der Waals surface area (Å²) in [5.41, 5.74) is 0. The molecule has 0 saturated carbocycles. The predicted molar refractivity (Wildman–Crippen MR) is 28.7 cm³/mol. The molecular weight excluding hydrogens is 104 g/mol. The summed E-state index contributed by atoms with van der Waals surface area (Å²) < 4.78 is 4.54. The third-order valence-corrected chi connectivity index (χ3v) is 0.794. The summed E-state index contributed by atoms with van der Waals surface area (Å²) in [6, 6.07) is 0. The lowest BCUT2D eigenvalue weighted by Crippen LogP contribution is -1.86. The lowest BCUT2D eigenvalue weighted by atomic mass is 10.7. The summed E-state index contributed by atoms with van der Waals surface area (Å²) in [4.78, 5) is 6.75. The molecule has 0 aliphatic carbocycles. The molecule has 1 aromatic rings. The van der Waals surface area contributed by atoms with Crippen LogP contribution in [0.2, 0.25) is 0 Å². The standard InChI is InChI=1S/C5H7N2O/c1-8-4-5-6-2-3-7-5/h2-3H,1,4H2,(H,6,7). The third-order valence-electron chi connectivity index (χ3n) is 0.794. The molecule has 0 unspecified atom stereocenters. The first-order valence-corrected chi connectivity index (χ1v) is 2.28. The Bertz CT molecular complexity index is 136. The van der Waals surface area contributed by atoms with Gasteiger partial charge in [0.1, 0.15) is 12.4 Å². The summed E-state index contributed by atoms with van der Waals surface area (Å²) in [6.07, 6.45) is 3.42. The van der Waals surface area contributed by atoms with Crippen molar-refractivity contribution in [1.29, 1.82) is 0 Å². The largest absolute Gasteiger partial charge is 0.371 e. The number of rotatable bonds is 2. The van der Waals surface area contributed by atoms with Gasteiger partial charge in [-0.1, -0.05) is 0 Å². The van der Waals surface area contributed by atoms with Gasteiger partial charge in [0.15, 0.2) is 0 Å². The van der Waals surface area contributed by atoms with E-state index >= 15 is 0 Å². The molecule has 1 aromatic heterocycles. The Balaban J connectivity index is 2.50. The molecule has 0 aliphatic rings. The van der Waals surface area contributed by atoms with Crippen LogP contribution in [-0.4, -0.2) is 9.97 Å². The molecule has 0 spiro atoms. The first-order valence-electron chi connectivity index (χ1n) is 2.28. The summed E-state index contributed by atoms with van der Waals surface area (Å²) in [5.74, 6) is 0.806. The molecule has 0 saturated heterocycles. The van der Waals surface area contributed by atoms with Crippen LogP contribution < -0.4 is 0 Å². The van der Waals surface area contributed by atoms with E-state index in [0.717, 1.165) is 5.82 Å². The summed E-state index contributed by atoms with van der Waals surface area (Å²) in [6.45, 7) is 0.451. The van der Waals surface area contributed by atoms with Crippen molar-refractivity contribution in [2.24, 2.45) is 0 Å². The Kier molecular flexibility index (Phi) is 1.64. The molecule has 0 atom stereocenters. The van der Waals surface area contributed by atoms with E-state index in [1.165, 1.54) is 0 Å². The van der Waals surface area contributed by atoms with Crippen molar-refractivity contribution in [1.82, 2.24) is 9.97 Å². The summed E-state index contributed by atoms with van der Waals surface area (Å²) >= 11 is 0. The van der Waals surface area contributed by atoms with Gasteiger partial charge in [-0.3, -0.25) is 0 Å². The third kappa shape index (κ3) is 1.07. The maximum Gasteiger partial charge on any atom is 0.132 e. The van der Waals surface area contributed by atoms with Gasteiger partial charge in [0, 0.05) is 12.4 Å². The average molecular weight is 111 g/mol. The number of hydrogen-bond donors (Lipinski definition) is 1. The van der Waals surface area contributed by atoms with Crippen molar-refractivity contribution in [2.75, 3.05) is 0 Å². The van der Waals surface area contributed by atoms with Crippen LogP contribution >= 0.6 is 0 Å². The van der Waals surface area contributed by atoms with Gasteiger partial charge in [0.25, 0.3) is 0 Å². The van der Waals surface area contributed by atoms with Crippen molar-refractivity contribution in [3.05, 3.63) is 25.3 Å². The van der Waals surface area contributed by atoms with E-state index in [9.17, 15) is 0 Å². The second-order valence-corrected chi connectivity index (χ2v) is 1.38. The molecule has 8 heavy (non-hydrogen) atoms. The van der Waals surface area contributed by atoms with E-state index < -0.39 is 0 Å². The second kappa shape index (κ2) is 2.47. The van der Waals surface area contributed by atoms with E-state index in [2.05, 4.69) is 21.8 Å². The van der Waals surface area contributed by atoms with Crippen LogP contribution in [0.15, 0.2) is 12.4 Å². The second-order valence-electron chi connectivity index (χ2n) is 1.38. The molecule has 1 radical (unpaired) electrons. The molecule has 3 heteroatoms. The predicted octanol–water partition coefficient (Wildman–Crippen LogP) is 0.718. The Morgan fingerprint density at radius 2 is 2.75 bits per heavy atom. The SMILES string of the molecule is [CH2]OCc1ncc[nH]1. The quantitative estimate of drug-likeness (QED) is 0.610. The number of nitrogens with zero attached hydrogens (tertiary/aromatic N) is 1. The smallest absolute Gasteiger partial charge is 0.132 e. The van der Waals surface area contributed by atoms with Crippen molar-refractivity contribution >= 4 is 0 Å². The first-order chi connectivity index (χ1) is 3.93. The van der Waals surface area contributed by atoms with Crippen LogP contribution in [0.4, 0.5) is 0 Å². The topological polar surface area (TPSA) is 37.9 Å². The van der Waals surface area contributed by atoms with E-state index in [-0.39, 0.29) is 0 Å². The van der Waals surface area contributed by atoms with Crippen LogP contribution in [0.3, 0.4) is 0 Å². The Hall–Kier alpha value is -0.830. The number of hydrogen-bond acceptors (Lipinski definition) is 2. The van der Waals surface area contributed by atoms with Crippen molar-refractivity contribution in [3.8, 4) is 0 Å². The molecule has 0 aliphatic heterocycles. The van der Waals surface area contributed by atoms with Gasteiger partial charge < -0.3 is 9.72 Å².